The third-order valence-electron chi connectivity index (χ3n) is 4.34. The van der Waals surface area contributed by atoms with E-state index in [2.05, 4.69) is 71.2 Å². The van der Waals surface area contributed by atoms with Gasteiger partial charge >= 0.3 is 0 Å². The second-order valence-electron chi connectivity index (χ2n) is 6.24. The fourth-order valence-electron chi connectivity index (χ4n) is 3.39. The van der Waals surface area contributed by atoms with Crippen LogP contribution in [0.5, 0.6) is 0 Å². The molecule has 0 aliphatic rings. The molecule has 0 radical (unpaired) electrons. The fraction of sp³-hybridized carbons (Fsp3) is 0.300. The van der Waals surface area contributed by atoms with Gasteiger partial charge in [-0.1, -0.05) is 34.1 Å². The largest absolute Gasteiger partial charge is 0.354 e. The zero-order valence-corrected chi connectivity index (χ0v) is 15.3. The zero-order valence-electron chi connectivity index (χ0n) is 13.7. The molecule has 0 aliphatic heterocycles. The van der Waals surface area contributed by atoms with E-state index in [0.717, 1.165) is 30.3 Å². The molecule has 0 atom stereocenters. The van der Waals surface area contributed by atoms with Crippen molar-refractivity contribution in [2.75, 3.05) is 6.54 Å². The number of aromatic amines is 1. The highest BCUT2D eigenvalue weighted by molar-refractivity contribution is 9.10. The average Bonchev–Trinajstić information content (AvgIpc) is 2.86. The van der Waals surface area contributed by atoms with E-state index in [0.29, 0.717) is 0 Å². The molecule has 2 nitrogen and oxygen atoms in total. The van der Waals surface area contributed by atoms with Crippen LogP contribution < -0.4 is 5.73 Å². The number of aromatic nitrogens is 1. The van der Waals surface area contributed by atoms with E-state index in [1.165, 1.54) is 38.9 Å². The SMILES string of the molecule is Cc1cc(C)c2c(CCCCN)c(-c3cccc(Br)c3)[nH]c2c1. The first-order valence-electron chi connectivity index (χ1n) is 8.18. The van der Waals surface area contributed by atoms with Crippen LogP contribution in [0.3, 0.4) is 0 Å². The maximum Gasteiger partial charge on any atom is 0.0497 e. The van der Waals surface area contributed by atoms with Gasteiger partial charge in [-0.2, -0.15) is 0 Å². The Hall–Kier alpha value is -1.58. The van der Waals surface area contributed by atoms with Gasteiger partial charge in [0.2, 0.25) is 0 Å². The molecule has 0 amide bonds. The molecule has 0 aliphatic carbocycles. The van der Waals surface area contributed by atoms with Crippen molar-refractivity contribution >= 4 is 26.8 Å². The van der Waals surface area contributed by atoms with Gasteiger partial charge in [0.15, 0.2) is 0 Å². The maximum atomic E-state index is 5.69. The summed E-state index contributed by atoms with van der Waals surface area (Å²) in [5, 5.41) is 1.38. The van der Waals surface area contributed by atoms with Crippen molar-refractivity contribution in [3.05, 3.63) is 57.6 Å². The molecule has 0 fully saturated rings. The summed E-state index contributed by atoms with van der Waals surface area (Å²) in [4.78, 5) is 3.66. The van der Waals surface area contributed by atoms with E-state index in [1.807, 2.05) is 0 Å². The second kappa shape index (κ2) is 6.90. The highest BCUT2D eigenvalue weighted by Gasteiger charge is 2.15. The Balaban J connectivity index is 2.19. The van der Waals surface area contributed by atoms with Crippen LogP contribution in [0.15, 0.2) is 40.9 Å². The van der Waals surface area contributed by atoms with Gasteiger partial charge in [0.05, 0.1) is 0 Å². The Morgan fingerprint density at radius 3 is 2.65 bits per heavy atom. The predicted octanol–water partition coefficient (Wildman–Crippen LogP) is 5.50. The topological polar surface area (TPSA) is 41.8 Å². The van der Waals surface area contributed by atoms with Crippen molar-refractivity contribution in [3.63, 3.8) is 0 Å². The van der Waals surface area contributed by atoms with Crippen LogP contribution in [0.1, 0.15) is 29.5 Å². The molecule has 1 heterocycles. The standard InChI is InChI=1S/C20H23BrN2/c1-13-10-14(2)19-17(8-3-4-9-22)20(23-18(19)11-13)15-6-5-7-16(21)12-15/h5-7,10-12,23H,3-4,8-9,22H2,1-2H3. The number of unbranched alkanes of at least 4 members (excludes halogenated alkanes) is 1. The van der Waals surface area contributed by atoms with Gasteiger partial charge in [-0.3, -0.25) is 0 Å². The molecule has 3 rings (SSSR count). The van der Waals surface area contributed by atoms with Crippen LogP contribution in [-0.4, -0.2) is 11.5 Å². The first-order chi connectivity index (χ1) is 11.1. The molecule has 0 bridgehead atoms. The number of hydrogen-bond donors (Lipinski definition) is 2. The molecule has 23 heavy (non-hydrogen) atoms. The quantitative estimate of drug-likeness (QED) is 0.572. The van der Waals surface area contributed by atoms with E-state index in [9.17, 15) is 0 Å². The lowest BCUT2D eigenvalue weighted by Gasteiger charge is -2.07. The molecular weight excluding hydrogens is 348 g/mol. The smallest absolute Gasteiger partial charge is 0.0497 e. The van der Waals surface area contributed by atoms with Crippen LogP contribution in [0.4, 0.5) is 0 Å². The van der Waals surface area contributed by atoms with Crippen LogP contribution in [0, 0.1) is 13.8 Å². The monoisotopic (exact) mass is 370 g/mol. The lowest BCUT2D eigenvalue weighted by Crippen LogP contribution is -1.99. The Kier molecular flexibility index (Phi) is 4.88. The van der Waals surface area contributed by atoms with Crippen molar-refractivity contribution < 1.29 is 0 Å². The highest BCUT2D eigenvalue weighted by atomic mass is 79.9. The first-order valence-corrected chi connectivity index (χ1v) is 8.97. The second-order valence-corrected chi connectivity index (χ2v) is 7.15. The van der Waals surface area contributed by atoms with Crippen molar-refractivity contribution in [3.8, 4) is 11.3 Å². The predicted molar refractivity (Wildman–Crippen MR) is 103 cm³/mol. The van der Waals surface area contributed by atoms with E-state index >= 15 is 0 Å². The van der Waals surface area contributed by atoms with Gasteiger partial charge in [-0.25, -0.2) is 0 Å². The minimum absolute atomic E-state index is 0.757. The van der Waals surface area contributed by atoms with E-state index in [1.54, 1.807) is 0 Å². The zero-order chi connectivity index (χ0) is 16.4. The van der Waals surface area contributed by atoms with Gasteiger partial charge in [0, 0.05) is 21.1 Å². The maximum absolute atomic E-state index is 5.69. The molecule has 120 valence electrons. The minimum Gasteiger partial charge on any atom is -0.354 e. The molecular formula is C20H23BrN2. The number of rotatable bonds is 5. The fourth-order valence-corrected chi connectivity index (χ4v) is 3.79. The summed E-state index contributed by atoms with van der Waals surface area (Å²) < 4.78 is 1.11. The summed E-state index contributed by atoms with van der Waals surface area (Å²) in [6.07, 6.45) is 3.25. The van der Waals surface area contributed by atoms with Gasteiger partial charge in [-0.05, 0) is 80.1 Å². The molecule has 2 aromatic carbocycles. The lowest BCUT2D eigenvalue weighted by molar-refractivity contribution is 0.748. The van der Waals surface area contributed by atoms with Crippen molar-refractivity contribution in [2.24, 2.45) is 5.73 Å². The summed E-state index contributed by atoms with van der Waals surface area (Å²) in [5.41, 5.74) is 13.5. The van der Waals surface area contributed by atoms with Crippen LogP contribution in [-0.2, 0) is 6.42 Å². The van der Waals surface area contributed by atoms with E-state index in [4.69, 9.17) is 5.73 Å². The number of benzene rings is 2. The summed E-state index contributed by atoms with van der Waals surface area (Å²) in [6, 6.07) is 13.0. The van der Waals surface area contributed by atoms with Crippen LogP contribution in [0.2, 0.25) is 0 Å². The van der Waals surface area contributed by atoms with Crippen LogP contribution in [0.25, 0.3) is 22.2 Å². The highest BCUT2D eigenvalue weighted by Crippen LogP contribution is 2.35. The molecule has 0 spiro atoms. The van der Waals surface area contributed by atoms with Crippen molar-refractivity contribution in [1.29, 1.82) is 0 Å². The third kappa shape index (κ3) is 3.36. The molecule has 0 saturated heterocycles. The molecule has 3 aromatic rings. The van der Waals surface area contributed by atoms with Gasteiger partial charge < -0.3 is 10.7 Å². The number of nitrogens with one attached hydrogen (secondary N) is 1. The Morgan fingerprint density at radius 1 is 1.09 bits per heavy atom. The number of aryl methyl sites for hydroxylation is 3. The van der Waals surface area contributed by atoms with Gasteiger partial charge in [0.1, 0.15) is 0 Å². The summed E-state index contributed by atoms with van der Waals surface area (Å²) in [5.74, 6) is 0. The number of H-pyrrole nitrogens is 1. The summed E-state index contributed by atoms with van der Waals surface area (Å²) in [6.45, 7) is 5.12. The Labute approximate surface area is 146 Å². The molecule has 3 N–H and O–H groups in total. The number of fused-ring (bicyclic) bond motifs is 1. The molecule has 0 saturated carbocycles. The molecule has 3 heteroatoms. The number of nitrogens with two attached hydrogens (primary N) is 1. The van der Waals surface area contributed by atoms with Crippen LogP contribution >= 0.6 is 15.9 Å². The van der Waals surface area contributed by atoms with E-state index in [-0.39, 0.29) is 0 Å². The third-order valence-corrected chi connectivity index (χ3v) is 4.83. The number of hydrogen-bond acceptors (Lipinski definition) is 1. The first kappa shape index (κ1) is 16.3. The van der Waals surface area contributed by atoms with Crippen molar-refractivity contribution in [2.45, 2.75) is 33.1 Å². The summed E-state index contributed by atoms with van der Waals surface area (Å²) >= 11 is 3.59. The average molecular weight is 371 g/mol. The van der Waals surface area contributed by atoms with E-state index < -0.39 is 0 Å². The Morgan fingerprint density at radius 2 is 1.91 bits per heavy atom. The normalized spacial score (nSPS) is 11.3. The Bertz CT molecular complexity index is 833. The van der Waals surface area contributed by atoms with Crippen molar-refractivity contribution in [1.82, 2.24) is 4.98 Å². The molecule has 1 aromatic heterocycles. The number of halogens is 1. The molecule has 0 unspecified atom stereocenters. The van der Waals surface area contributed by atoms with Gasteiger partial charge in [-0.15, -0.1) is 0 Å². The summed E-state index contributed by atoms with van der Waals surface area (Å²) in [7, 11) is 0. The lowest BCUT2D eigenvalue weighted by atomic mass is 9.97. The van der Waals surface area contributed by atoms with Gasteiger partial charge in [0.25, 0.3) is 0 Å². The minimum atomic E-state index is 0.757.